The highest BCUT2D eigenvalue weighted by molar-refractivity contribution is 5.30. The summed E-state index contributed by atoms with van der Waals surface area (Å²) in [5.41, 5.74) is 0.954. The first-order chi connectivity index (χ1) is 9.02. The van der Waals surface area contributed by atoms with Gasteiger partial charge >= 0.3 is 0 Å². The van der Waals surface area contributed by atoms with Crippen LogP contribution in [0.2, 0.25) is 0 Å². The summed E-state index contributed by atoms with van der Waals surface area (Å²) in [7, 11) is 0. The van der Waals surface area contributed by atoms with E-state index in [0.717, 1.165) is 11.5 Å². The van der Waals surface area contributed by atoms with Gasteiger partial charge in [-0.15, -0.1) is 5.10 Å². The first-order valence-corrected chi connectivity index (χ1v) is 6.46. The molecule has 0 aliphatic rings. The Morgan fingerprint density at radius 3 is 2.47 bits per heavy atom. The molecule has 0 fully saturated rings. The molecule has 1 heterocycles. The summed E-state index contributed by atoms with van der Waals surface area (Å²) in [6, 6.07) is 9.79. The lowest BCUT2D eigenvalue weighted by Gasteiger charge is -2.28. The SMILES string of the molecule is CC(C)(C)C(CO)Cc1nnnn1-c1ccccc1. The standard InChI is InChI=1S/C14H20N4O/c1-14(2,3)11(10-19)9-13-15-16-17-18(13)12-7-5-4-6-8-12/h4-8,11,19H,9-10H2,1-3H3. The number of benzene rings is 1. The van der Waals surface area contributed by atoms with Crippen LogP contribution in [0.3, 0.4) is 0 Å². The second kappa shape index (κ2) is 5.48. The molecule has 1 aromatic carbocycles. The second-order valence-electron chi connectivity index (χ2n) is 5.79. The molecule has 0 spiro atoms. The third-order valence-corrected chi connectivity index (χ3v) is 3.41. The van der Waals surface area contributed by atoms with E-state index >= 15 is 0 Å². The molecule has 1 aromatic heterocycles. The molecule has 1 N–H and O–H groups in total. The van der Waals surface area contributed by atoms with Crippen molar-refractivity contribution in [2.24, 2.45) is 11.3 Å². The van der Waals surface area contributed by atoms with Gasteiger partial charge in [0.2, 0.25) is 0 Å². The topological polar surface area (TPSA) is 63.8 Å². The minimum absolute atomic E-state index is 0.0161. The average molecular weight is 260 g/mol. The molecule has 0 aliphatic carbocycles. The minimum Gasteiger partial charge on any atom is -0.396 e. The summed E-state index contributed by atoms with van der Waals surface area (Å²) >= 11 is 0. The lowest BCUT2D eigenvalue weighted by atomic mass is 9.79. The Kier molecular flexibility index (Phi) is 3.95. The number of hydrogen-bond donors (Lipinski definition) is 1. The molecule has 1 atom stereocenters. The van der Waals surface area contributed by atoms with Gasteiger partial charge in [0.1, 0.15) is 0 Å². The van der Waals surface area contributed by atoms with Crippen molar-refractivity contribution in [3.63, 3.8) is 0 Å². The first kappa shape index (κ1) is 13.7. The molecule has 5 heteroatoms. The molecule has 1 unspecified atom stereocenters. The quantitative estimate of drug-likeness (QED) is 0.911. The normalized spacial score (nSPS) is 13.5. The summed E-state index contributed by atoms with van der Waals surface area (Å²) in [6.07, 6.45) is 0.655. The van der Waals surface area contributed by atoms with Crippen molar-refractivity contribution in [3.8, 4) is 5.69 Å². The smallest absolute Gasteiger partial charge is 0.157 e. The minimum atomic E-state index is 0.0161. The number of aromatic nitrogens is 4. The maximum Gasteiger partial charge on any atom is 0.157 e. The van der Waals surface area contributed by atoms with Gasteiger partial charge in [0.25, 0.3) is 0 Å². The fraction of sp³-hybridized carbons (Fsp3) is 0.500. The van der Waals surface area contributed by atoms with Crippen LogP contribution < -0.4 is 0 Å². The summed E-state index contributed by atoms with van der Waals surface area (Å²) in [5, 5.41) is 21.4. The maximum atomic E-state index is 9.54. The van der Waals surface area contributed by atoms with Crippen LogP contribution in [-0.4, -0.2) is 31.9 Å². The van der Waals surface area contributed by atoms with Crippen molar-refractivity contribution >= 4 is 0 Å². The highest BCUT2D eigenvalue weighted by Gasteiger charge is 2.26. The van der Waals surface area contributed by atoms with Crippen LogP contribution in [-0.2, 0) is 6.42 Å². The first-order valence-electron chi connectivity index (χ1n) is 6.46. The van der Waals surface area contributed by atoms with Gasteiger partial charge in [-0.3, -0.25) is 0 Å². The van der Waals surface area contributed by atoms with Gasteiger partial charge in [-0.1, -0.05) is 39.0 Å². The number of rotatable bonds is 4. The van der Waals surface area contributed by atoms with Gasteiger partial charge in [0.15, 0.2) is 5.82 Å². The van der Waals surface area contributed by atoms with Crippen LogP contribution in [0.25, 0.3) is 5.69 Å². The van der Waals surface area contributed by atoms with Crippen molar-refractivity contribution in [1.29, 1.82) is 0 Å². The van der Waals surface area contributed by atoms with Gasteiger partial charge < -0.3 is 5.11 Å². The molecule has 0 saturated heterocycles. The number of para-hydroxylation sites is 1. The van der Waals surface area contributed by atoms with E-state index in [1.807, 2.05) is 30.3 Å². The van der Waals surface area contributed by atoms with Crippen molar-refractivity contribution in [1.82, 2.24) is 20.2 Å². The van der Waals surface area contributed by atoms with E-state index in [1.165, 1.54) is 0 Å². The monoisotopic (exact) mass is 260 g/mol. The van der Waals surface area contributed by atoms with E-state index in [2.05, 4.69) is 36.3 Å². The predicted octanol–water partition coefficient (Wildman–Crippen LogP) is 1.86. The molecule has 0 bridgehead atoms. The lowest BCUT2D eigenvalue weighted by molar-refractivity contribution is 0.128. The highest BCUT2D eigenvalue weighted by Crippen LogP contribution is 2.28. The van der Waals surface area contributed by atoms with E-state index in [4.69, 9.17) is 0 Å². The molecule has 5 nitrogen and oxygen atoms in total. The lowest BCUT2D eigenvalue weighted by Crippen LogP contribution is -2.27. The Hall–Kier alpha value is -1.75. The van der Waals surface area contributed by atoms with Gasteiger partial charge in [0, 0.05) is 13.0 Å². The van der Waals surface area contributed by atoms with Crippen LogP contribution >= 0.6 is 0 Å². The molecule has 0 saturated carbocycles. The summed E-state index contributed by atoms with van der Waals surface area (Å²) in [6.45, 7) is 6.48. The molecule has 2 aromatic rings. The van der Waals surface area contributed by atoms with Gasteiger partial charge in [-0.25, -0.2) is 0 Å². The fourth-order valence-electron chi connectivity index (χ4n) is 1.97. The van der Waals surface area contributed by atoms with E-state index in [1.54, 1.807) is 4.68 Å². The van der Waals surface area contributed by atoms with Crippen molar-refractivity contribution in [2.75, 3.05) is 6.61 Å². The van der Waals surface area contributed by atoms with Gasteiger partial charge in [-0.05, 0) is 33.9 Å². The zero-order chi connectivity index (χ0) is 13.9. The Morgan fingerprint density at radius 1 is 1.21 bits per heavy atom. The van der Waals surface area contributed by atoms with Crippen LogP contribution in [0, 0.1) is 11.3 Å². The predicted molar refractivity (Wildman–Crippen MR) is 72.9 cm³/mol. The van der Waals surface area contributed by atoms with Crippen LogP contribution in [0.4, 0.5) is 0 Å². The molecular formula is C14H20N4O. The van der Waals surface area contributed by atoms with E-state index < -0.39 is 0 Å². The van der Waals surface area contributed by atoms with Gasteiger partial charge in [-0.2, -0.15) is 4.68 Å². The number of hydrogen-bond acceptors (Lipinski definition) is 4. The third kappa shape index (κ3) is 3.17. The largest absolute Gasteiger partial charge is 0.396 e. The van der Waals surface area contributed by atoms with Gasteiger partial charge in [0.05, 0.1) is 5.69 Å². The van der Waals surface area contributed by atoms with E-state index in [9.17, 15) is 5.11 Å². The van der Waals surface area contributed by atoms with Crippen LogP contribution in [0.15, 0.2) is 30.3 Å². The molecule has 0 amide bonds. The Labute approximate surface area is 113 Å². The van der Waals surface area contributed by atoms with Crippen molar-refractivity contribution < 1.29 is 5.11 Å². The highest BCUT2D eigenvalue weighted by atomic mass is 16.3. The number of aliphatic hydroxyl groups excluding tert-OH is 1. The van der Waals surface area contributed by atoms with Crippen molar-refractivity contribution in [2.45, 2.75) is 27.2 Å². The maximum absolute atomic E-state index is 9.54. The molecule has 2 rings (SSSR count). The Morgan fingerprint density at radius 2 is 1.89 bits per heavy atom. The number of tetrazole rings is 1. The average Bonchev–Trinajstić information content (AvgIpc) is 2.83. The molecule has 0 radical (unpaired) electrons. The molecular weight excluding hydrogens is 240 g/mol. The Bertz CT molecular complexity index is 516. The van der Waals surface area contributed by atoms with Crippen LogP contribution in [0.1, 0.15) is 26.6 Å². The number of aliphatic hydroxyl groups is 1. The molecule has 0 aliphatic heterocycles. The zero-order valence-corrected chi connectivity index (χ0v) is 11.6. The number of nitrogens with zero attached hydrogens (tertiary/aromatic N) is 4. The fourth-order valence-corrected chi connectivity index (χ4v) is 1.97. The zero-order valence-electron chi connectivity index (χ0n) is 11.6. The summed E-state index contributed by atoms with van der Waals surface area (Å²) in [5.74, 6) is 0.904. The Balaban J connectivity index is 2.26. The van der Waals surface area contributed by atoms with Crippen molar-refractivity contribution in [3.05, 3.63) is 36.2 Å². The molecule has 19 heavy (non-hydrogen) atoms. The molecule has 102 valence electrons. The van der Waals surface area contributed by atoms with E-state index in [-0.39, 0.29) is 17.9 Å². The van der Waals surface area contributed by atoms with E-state index in [0.29, 0.717) is 6.42 Å². The van der Waals surface area contributed by atoms with Crippen LogP contribution in [0.5, 0.6) is 0 Å². The second-order valence-corrected chi connectivity index (χ2v) is 5.79. The third-order valence-electron chi connectivity index (χ3n) is 3.41. The summed E-state index contributed by atoms with van der Waals surface area (Å²) < 4.78 is 1.73. The summed E-state index contributed by atoms with van der Waals surface area (Å²) in [4.78, 5) is 0.